The van der Waals surface area contributed by atoms with Crippen LogP contribution in [-0.4, -0.2) is 90.8 Å². The Bertz CT molecular complexity index is 1360. The van der Waals surface area contributed by atoms with E-state index < -0.39 is 35.8 Å². The Labute approximate surface area is 258 Å². The second kappa shape index (κ2) is 14.9. The third-order valence-corrected chi connectivity index (χ3v) is 8.06. The third-order valence-electron chi connectivity index (χ3n) is 8.06. The van der Waals surface area contributed by atoms with E-state index in [0.29, 0.717) is 18.6 Å². The Morgan fingerprint density at radius 2 is 1.75 bits per heavy atom. The minimum absolute atomic E-state index is 0.178. The summed E-state index contributed by atoms with van der Waals surface area (Å²) in [5.74, 6) is -1.64. The van der Waals surface area contributed by atoms with Gasteiger partial charge in [-0.15, -0.1) is 0 Å². The van der Waals surface area contributed by atoms with Crippen LogP contribution in [-0.2, 0) is 32.0 Å². The van der Waals surface area contributed by atoms with E-state index in [0.717, 1.165) is 29.7 Å². The summed E-state index contributed by atoms with van der Waals surface area (Å²) in [5, 5.41) is 8.48. The van der Waals surface area contributed by atoms with Crippen molar-refractivity contribution >= 4 is 29.5 Å². The second-order valence-corrected chi connectivity index (χ2v) is 11.8. The lowest BCUT2D eigenvalue weighted by Gasteiger charge is -2.32. The number of hydrogen-bond donors (Lipinski definition) is 3. The number of benzene rings is 2. The maximum Gasteiger partial charge on any atom is 0.254 e. The first-order chi connectivity index (χ1) is 21.0. The van der Waals surface area contributed by atoms with Gasteiger partial charge >= 0.3 is 0 Å². The zero-order valence-corrected chi connectivity index (χ0v) is 25.9. The predicted molar refractivity (Wildman–Crippen MR) is 165 cm³/mol. The van der Waals surface area contributed by atoms with Crippen LogP contribution in [0.1, 0.15) is 55.1 Å². The van der Waals surface area contributed by atoms with E-state index >= 15 is 0 Å². The average molecular weight is 606 g/mol. The van der Waals surface area contributed by atoms with Crippen LogP contribution in [0.3, 0.4) is 0 Å². The number of ether oxygens (including phenoxy) is 1. The number of hydrogen-bond acceptors (Lipinski definition) is 6. The van der Waals surface area contributed by atoms with E-state index in [1.807, 2.05) is 36.4 Å². The Hall–Kier alpha value is -4.41. The number of amides is 5. The van der Waals surface area contributed by atoms with Gasteiger partial charge in [0.15, 0.2) is 0 Å². The molecule has 11 nitrogen and oxygen atoms in total. The van der Waals surface area contributed by atoms with E-state index in [2.05, 4.69) is 16.0 Å². The van der Waals surface area contributed by atoms with Crippen molar-refractivity contribution in [2.75, 3.05) is 33.3 Å². The van der Waals surface area contributed by atoms with Gasteiger partial charge in [0, 0.05) is 32.1 Å². The molecule has 2 aromatic rings. The van der Waals surface area contributed by atoms with Gasteiger partial charge in [-0.25, -0.2) is 0 Å². The van der Waals surface area contributed by atoms with E-state index in [1.165, 1.54) is 16.8 Å². The highest BCUT2D eigenvalue weighted by molar-refractivity contribution is 5.99. The SMILES string of the molecule is CC(C)[C@@H]1NC(=O)[C@@H](C)N(C(=O)c2ccc3c(c2)CCCO3)CCCNC(=O)[C@H](Cc2ccccc2)NC(=O)CN(C)C1=O. The largest absolute Gasteiger partial charge is 0.493 e. The molecule has 3 atom stereocenters. The molecule has 0 radical (unpaired) electrons. The molecule has 236 valence electrons. The monoisotopic (exact) mass is 605 g/mol. The van der Waals surface area contributed by atoms with Crippen LogP contribution in [0.15, 0.2) is 48.5 Å². The number of nitrogens with zero attached hydrogens (tertiary/aromatic N) is 2. The summed E-state index contributed by atoms with van der Waals surface area (Å²) in [6.07, 6.45) is 2.29. The van der Waals surface area contributed by atoms with Gasteiger partial charge in [-0.3, -0.25) is 24.0 Å². The number of fused-ring (bicyclic) bond motifs is 1. The van der Waals surface area contributed by atoms with Crippen LogP contribution in [0, 0.1) is 5.92 Å². The standard InChI is InChI=1S/C33H43N5O6/c1-21(2)29-33(43)37(4)20-28(39)35-26(18-23-10-6-5-7-11-23)31(41)34-15-9-16-38(22(3)30(40)36-29)32(42)25-13-14-27-24(19-25)12-8-17-44-27/h5-7,10-11,13-14,19,21-22,26,29H,8-9,12,15-18,20H2,1-4H3,(H,34,41)(H,35,39)(H,36,40)/t22-,26+,29+/m1/s1. The molecular weight excluding hydrogens is 562 g/mol. The fourth-order valence-corrected chi connectivity index (χ4v) is 5.47. The summed E-state index contributed by atoms with van der Waals surface area (Å²) in [4.78, 5) is 69.8. The van der Waals surface area contributed by atoms with Gasteiger partial charge < -0.3 is 30.5 Å². The molecule has 2 aliphatic heterocycles. The van der Waals surface area contributed by atoms with Crippen molar-refractivity contribution in [2.45, 2.75) is 64.6 Å². The molecule has 2 aliphatic rings. The quantitative estimate of drug-likeness (QED) is 0.485. The summed E-state index contributed by atoms with van der Waals surface area (Å²) in [7, 11) is 1.48. The number of nitrogens with one attached hydrogen (secondary N) is 3. The van der Waals surface area contributed by atoms with Crippen molar-refractivity contribution in [3.8, 4) is 5.75 Å². The molecule has 2 aromatic carbocycles. The summed E-state index contributed by atoms with van der Waals surface area (Å²) >= 11 is 0. The normalized spacial score (nSPS) is 22.4. The van der Waals surface area contributed by atoms with Crippen LogP contribution in [0.2, 0.25) is 0 Å². The van der Waals surface area contributed by atoms with Gasteiger partial charge in [-0.2, -0.15) is 0 Å². The number of rotatable bonds is 4. The Kier molecular flexibility index (Phi) is 11.0. The van der Waals surface area contributed by atoms with E-state index in [1.54, 1.807) is 32.9 Å². The number of carbonyl (C=O) groups is 5. The van der Waals surface area contributed by atoms with Crippen molar-refractivity contribution in [3.05, 3.63) is 65.2 Å². The molecule has 5 amide bonds. The van der Waals surface area contributed by atoms with Crippen molar-refractivity contribution < 1.29 is 28.7 Å². The van der Waals surface area contributed by atoms with Crippen LogP contribution < -0.4 is 20.7 Å². The van der Waals surface area contributed by atoms with Crippen molar-refractivity contribution in [2.24, 2.45) is 5.92 Å². The van der Waals surface area contributed by atoms with Gasteiger partial charge in [0.2, 0.25) is 23.6 Å². The lowest BCUT2D eigenvalue weighted by atomic mass is 10.0. The van der Waals surface area contributed by atoms with Crippen molar-refractivity contribution in [3.63, 3.8) is 0 Å². The van der Waals surface area contributed by atoms with Crippen LogP contribution in [0.25, 0.3) is 0 Å². The van der Waals surface area contributed by atoms with Gasteiger partial charge in [-0.1, -0.05) is 44.2 Å². The Morgan fingerprint density at radius 3 is 2.48 bits per heavy atom. The highest BCUT2D eigenvalue weighted by Gasteiger charge is 2.34. The maximum absolute atomic E-state index is 13.9. The number of aryl methyl sites for hydroxylation is 1. The molecule has 0 saturated carbocycles. The van der Waals surface area contributed by atoms with Gasteiger partial charge in [0.1, 0.15) is 23.9 Å². The summed E-state index contributed by atoms with van der Waals surface area (Å²) in [5.41, 5.74) is 2.26. The zero-order chi connectivity index (χ0) is 31.8. The fourth-order valence-electron chi connectivity index (χ4n) is 5.47. The van der Waals surface area contributed by atoms with Crippen LogP contribution >= 0.6 is 0 Å². The minimum atomic E-state index is -0.920. The highest BCUT2D eigenvalue weighted by Crippen LogP contribution is 2.26. The molecule has 0 unspecified atom stereocenters. The van der Waals surface area contributed by atoms with Crippen LogP contribution in [0.5, 0.6) is 5.75 Å². The number of carbonyl (C=O) groups excluding carboxylic acids is 5. The molecule has 0 bridgehead atoms. The third kappa shape index (κ3) is 8.15. The van der Waals surface area contributed by atoms with E-state index in [4.69, 9.17) is 4.74 Å². The van der Waals surface area contributed by atoms with Crippen LogP contribution in [0.4, 0.5) is 0 Å². The highest BCUT2D eigenvalue weighted by atomic mass is 16.5. The molecule has 44 heavy (non-hydrogen) atoms. The lowest BCUT2D eigenvalue weighted by Crippen LogP contribution is -2.57. The molecule has 2 heterocycles. The molecule has 11 heteroatoms. The summed E-state index contributed by atoms with van der Waals surface area (Å²) < 4.78 is 5.70. The van der Waals surface area contributed by atoms with Gasteiger partial charge in [0.05, 0.1) is 13.2 Å². The zero-order valence-electron chi connectivity index (χ0n) is 25.9. The molecule has 3 N–H and O–H groups in total. The molecular formula is C33H43N5O6. The average Bonchev–Trinajstić information content (AvgIpc) is 3.01. The van der Waals surface area contributed by atoms with Crippen molar-refractivity contribution in [1.29, 1.82) is 0 Å². The van der Waals surface area contributed by atoms with E-state index in [9.17, 15) is 24.0 Å². The van der Waals surface area contributed by atoms with Crippen molar-refractivity contribution in [1.82, 2.24) is 25.8 Å². The topological polar surface area (TPSA) is 137 Å². The first-order valence-corrected chi connectivity index (χ1v) is 15.3. The summed E-state index contributed by atoms with van der Waals surface area (Å²) in [6.45, 7) is 5.98. The predicted octanol–water partition coefficient (Wildman–Crippen LogP) is 1.69. The smallest absolute Gasteiger partial charge is 0.254 e. The fraction of sp³-hybridized carbons (Fsp3) is 0.485. The van der Waals surface area contributed by atoms with E-state index in [-0.39, 0.29) is 43.8 Å². The summed E-state index contributed by atoms with van der Waals surface area (Å²) in [6, 6.07) is 12.0. The molecule has 1 fully saturated rings. The second-order valence-electron chi connectivity index (χ2n) is 11.8. The minimum Gasteiger partial charge on any atom is -0.493 e. The lowest BCUT2D eigenvalue weighted by molar-refractivity contribution is -0.140. The van der Waals surface area contributed by atoms with Gasteiger partial charge in [0.25, 0.3) is 5.91 Å². The van der Waals surface area contributed by atoms with Gasteiger partial charge in [-0.05, 0) is 61.4 Å². The molecule has 0 aromatic heterocycles. The Balaban J connectivity index is 1.61. The first-order valence-electron chi connectivity index (χ1n) is 15.3. The molecule has 4 rings (SSSR count). The molecule has 0 spiro atoms. The molecule has 0 aliphatic carbocycles. The molecule has 1 saturated heterocycles. The number of likely N-dealkylation sites (N-methyl/N-ethyl adjacent to an activating group) is 1. The maximum atomic E-state index is 13.9. The first kappa shape index (κ1) is 32.5. The Morgan fingerprint density at radius 1 is 1.00 bits per heavy atom.